The van der Waals surface area contributed by atoms with E-state index in [1.165, 1.54) is 38.0 Å². The van der Waals surface area contributed by atoms with E-state index < -0.39 is 23.9 Å². The van der Waals surface area contributed by atoms with E-state index in [1.54, 1.807) is 25.5 Å². The molecular formula is C23H20BrFN6O3S. The van der Waals surface area contributed by atoms with Crippen LogP contribution in [-0.2, 0) is 7.05 Å². The van der Waals surface area contributed by atoms with Crippen LogP contribution in [0.2, 0.25) is 0 Å². The fraction of sp³-hybridized carbons (Fsp3) is 0.261. The van der Waals surface area contributed by atoms with Gasteiger partial charge in [0, 0.05) is 42.0 Å². The number of rotatable bonds is 4. The quantitative estimate of drug-likeness (QED) is 0.386. The maximum absolute atomic E-state index is 15.3. The van der Waals surface area contributed by atoms with Gasteiger partial charge in [-0.2, -0.15) is 0 Å². The van der Waals surface area contributed by atoms with Gasteiger partial charge in [0.25, 0.3) is 5.91 Å². The molecule has 1 fully saturated rings. The van der Waals surface area contributed by atoms with Crippen LogP contribution in [-0.4, -0.2) is 61.1 Å². The van der Waals surface area contributed by atoms with Gasteiger partial charge in [-0.3, -0.25) is 14.4 Å². The summed E-state index contributed by atoms with van der Waals surface area (Å²) in [6.45, 7) is 0.500. The number of piperidine rings is 1. The molecule has 1 saturated heterocycles. The zero-order chi connectivity index (χ0) is 24.7. The summed E-state index contributed by atoms with van der Waals surface area (Å²) in [5.74, 6) is -0.899. The Balaban J connectivity index is 1.58. The van der Waals surface area contributed by atoms with Gasteiger partial charge in [0.05, 0.1) is 21.6 Å². The van der Waals surface area contributed by atoms with Crippen molar-refractivity contribution in [2.45, 2.75) is 18.9 Å². The zero-order valence-corrected chi connectivity index (χ0v) is 21.0. The number of carbonyl (C=O) groups is 2. The van der Waals surface area contributed by atoms with Gasteiger partial charge in [-0.25, -0.2) is 14.2 Å². The van der Waals surface area contributed by atoms with Crippen LogP contribution in [0.25, 0.3) is 21.3 Å². The monoisotopic (exact) mass is 558 g/mol. The molecule has 4 aromatic rings. The van der Waals surface area contributed by atoms with Gasteiger partial charge < -0.3 is 10.0 Å². The summed E-state index contributed by atoms with van der Waals surface area (Å²) < 4.78 is 18.6. The Hall–Kier alpha value is -3.38. The number of fused-ring (bicyclic) bond motifs is 1. The number of anilines is 1. The number of aryl methyl sites for hydroxylation is 1. The van der Waals surface area contributed by atoms with E-state index in [0.29, 0.717) is 36.5 Å². The minimum absolute atomic E-state index is 0.115. The first kappa shape index (κ1) is 23.4. The van der Waals surface area contributed by atoms with Gasteiger partial charge in [-0.05, 0) is 53.0 Å². The van der Waals surface area contributed by atoms with Crippen LogP contribution < -0.4 is 4.90 Å². The summed E-state index contributed by atoms with van der Waals surface area (Å²) in [6, 6.07) is 7.53. The Morgan fingerprint density at radius 2 is 2.11 bits per heavy atom. The molecule has 12 heteroatoms. The molecule has 5 rings (SSSR count). The number of benzene rings is 1. The summed E-state index contributed by atoms with van der Waals surface area (Å²) in [4.78, 5) is 32.8. The lowest BCUT2D eigenvalue weighted by molar-refractivity contribution is 0.0938. The summed E-state index contributed by atoms with van der Waals surface area (Å²) >= 11 is 4.98. The fourth-order valence-corrected chi connectivity index (χ4v) is 5.87. The average Bonchev–Trinajstić information content (AvgIpc) is 3.44. The Morgan fingerprint density at radius 1 is 1.29 bits per heavy atom. The number of nitrogens with zero attached hydrogens (tertiary/aromatic N) is 6. The Morgan fingerprint density at radius 3 is 2.83 bits per heavy atom. The van der Waals surface area contributed by atoms with E-state index >= 15 is 4.39 Å². The van der Waals surface area contributed by atoms with Crippen LogP contribution in [0.1, 0.15) is 23.2 Å². The van der Waals surface area contributed by atoms with E-state index in [2.05, 4.69) is 31.2 Å². The van der Waals surface area contributed by atoms with E-state index in [0.717, 1.165) is 13.9 Å². The molecule has 1 atom stereocenters. The summed E-state index contributed by atoms with van der Waals surface area (Å²) in [7, 11) is 1.71. The lowest BCUT2D eigenvalue weighted by atomic mass is 10.0. The number of carbonyl (C=O) groups excluding carboxylic acids is 1. The third-order valence-corrected chi connectivity index (χ3v) is 7.57. The standard InChI is InChI=1S/C23H20BrFN6O3S/c1-29-12-18(27-28-29)13-4-5-15(17(25)9-13)22(32)31(14-3-2-8-30(11-14)23(33)34)21-16-10-20(24)35-19(16)6-7-26-21/h4-7,9-10,12,14H,2-3,8,11H2,1H3,(H,33,34)/t14-/m1/s1. The highest BCUT2D eigenvalue weighted by atomic mass is 79.9. The highest BCUT2D eigenvalue weighted by Gasteiger charge is 2.35. The van der Waals surface area contributed by atoms with Crippen molar-refractivity contribution in [1.82, 2.24) is 24.9 Å². The largest absolute Gasteiger partial charge is 0.465 e. The highest BCUT2D eigenvalue weighted by molar-refractivity contribution is 9.11. The normalized spacial score (nSPS) is 16.0. The predicted octanol–water partition coefficient (Wildman–Crippen LogP) is 4.78. The number of amides is 2. The van der Waals surface area contributed by atoms with Crippen molar-refractivity contribution in [3.63, 3.8) is 0 Å². The molecule has 1 N–H and O–H groups in total. The van der Waals surface area contributed by atoms with Crippen molar-refractivity contribution < 1.29 is 19.1 Å². The van der Waals surface area contributed by atoms with Gasteiger partial charge in [0.2, 0.25) is 0 Å². The number of carboxylic acid groups (broad SMARTS) is 1. The summed E-state index contributed by atoms with van der Waals surface area (Å²) in [6.07, 6.45) is 3.36. The SMILES string of the molecule is Cn1cc(-c2ccc(C(=O)N(c3nccc4sc(Br)cc34)[C@@H]3CCCN(C(=O)O)C3)c(F)c2)nn1. The first-order valence-electron chi connectivity index (χ1n) is 10.8. The number of pyridine rings is 1. The van der Waals surface area contributed by atoms with Crippen molar-refractivity contribution in [3.8, 4) is 11.3 Å². The lowest BCUT2D eigenvalue weighted by Crippen LogP contribution is -2.52. The molecule has 9 nitrogen and oxygen atoms in total. The molecule has 180 valence electrons. The number of thiophene rings is 1. The second-order valence-corrected chi connectivity index (χ2v) is 10.7. The fourth-order valence-electron chi connectivity index (χ4n) is 4.34. The Labute approximate surface area is 211 Å². The van der Waals surface area contributed by atoms with Gasteiger partial charge in [-0.15, -0.1) is 16.4 Å². The molecular weight excluding hydrogens is 539 g/mol. The van der Waals surface area contributed by atoms with Crippen molar-refractivity contribution in [3.05, 3.63) is 57.9 Å². The lowest BCUT2D eigenvalue weighted by Gasteiger charge is -2.38. The van der Waals surface area contributed by atoms with Crippen molar-refractivity contribution >= 4 is 55.2 Å². The second-order valence-electron chi connectivity index (χ2n) is 8.27. The van der Waals surface area contributed by atoms with E-state index in [-0.39, 0.29) is 12.1 Å². The Bertz CT molecular complexity index is 1440. The van der Waals surface area contributed by atoms with Crippen LogP contribution in [0.15, 0.2) is 46.5 Å². The first-order chi connectivity index (χ1) is 16.8. The molecule has 1 aliphatic rings. The van der Waals surface area contributed by atoms with Crippen LogP contribution >= 0.6 is 27.3 Å². The first-order valence-corrected chi connectivity index (χ1v) is 12.4. The third kappa shape index (κ3) is 4.50. The van der Waals surface area contributed by atoms with Gasteiger partial charge in [0.1, 0.15) is 17.3 Å². The van der Waals surface area contributed by atoms with Crippen LogP contribution in [0.5, 0.6) is 0 Å². The molecule has 0 bridgehead atoms. The molecule has 1 aromatic carbocycles. The maximum Gasteiger partial charge on any atom is 0.407 e. The number of aromatic nitrogens is 4. The van der Waals surface area contributed by atoms with Crippen molar-refractivity contribution in [2.75, 3.05) is 18.0 Å². The number of hydrogen-bond donors (Lipinski definition) is 1. The van der Waals surface area contributed by atoms with Gasteiger partial charge in [0.15, 0.2) is 0 Å². The van der Waals surface area contributed by atoms with Crippen LogP contribution in [0.4, 0.5) is 15.0 Å². The second kappa shape index (κ2) is 9.34. The van der Waals surface area contributed by atoms with Crippen LogP contribution in [0, 0.1) is 5.82 Å². The predicted molar refractivity (Wildman–Crippen MR) is 133 cm³/mol. The molecule has 35 heavy (non-hydrogen) atoms. The van der Waals surface area contributed by atoms with Gasteiger partial charge in [-0.1, -0.05) is 11.3 Å². The maximum atomic E-state index is 15.3. The minimum atomic E-state index is -1.05. The van der Waals surface area contributed by atoms with Crippen molar-refractivity contribution in [1.29, 1.82) is 0 Å². The molecule has 0 aliphatic carbocycles. The average molecular weight is 559 g/mol. The molecule has 4 heterocycles. The molecule has 1 aliphatic heterocycles. The minimum Gasteiger partial charge on any atom is -0.465 e. The molecule has 0 radical (unpaired) electrons. The summed E-state index contributed by atoms with van der Waals surface area (Å²) in [5, 5.41) is 18.2. The van der Waals surface area contributed by atoms with Gasteiger partial charge >= 0.3 is 6.09 Å². The smallest absolute Gasteiger partial charge is 0.407 e. The summed E-state index contributed by atoms with van der Waals surface area (Å²) in [5.41, 5.74) is 0.856. The van der Waals surface area contributed by atoms with E-state index in [4.69, 9.17) is 0 Å². The third-order valence-electron chi connectivity index (χ3n) is 5.97. The molecule has 2 amide bonds. The number of hydrogen-bond acceptors (Lipinski definition) is 6. The number of halogens is 2. The molecule has 3 aromatic heterocycles. The topological polar surface area (TPSA) is 104 Å². The Kier molecular flexibility index (Phi) is 6.24. The number of likely N-dealkylation sites (tertiary alicyclic amines) is 1. The molecule has 0 spiro atoms. The van der Waals surface area contributed by atoms with Crippen molar-refractivity contribution in [2.24, 2.45) is 7.05 Å². The highest BCUT2D eigenvalue weighted by Crippen LogP contribution is 2.37. The molecule has 0 unspecified atom stereocenters. The van der Waals surface area contributed by atoms with Crippen LogP contribution in [0.3, 0.4) is 0 Å². The zero-order valence-electron chi connectivity index (χ0n) is 18.6. The van der Waals surface area contributed by atoms with E-state index in [9.17, 15) is 14.7 Å². The molecule has 0 saturated carbocycles. The van der Waals surface area contributed by atoms with E-state index in [1.807, 2.05) is 12.1 Å².